The number of hydrogen-bond donors (Lipinski definition) is 1. The Morgan fingerprint density at radius 2 is 1.68 bits per heavy atom. The van der Waals surface area contributed by atoms with Gasteiger partial charge in [0.25, 0.3) is 5.91 Å². The molecule has 0 fully saturated rings. The van der Waals surface area contributed by atoms with E-state index in [1.165, 1.54) is 4.31 Å². The molecule has 1 N–H and O–H groups in total. The summed E-state index contributed by atoms with van der Waals surface area (Å²) in [4.78, 5) is 14.7. The van der Waals surface area contributed by atoms with Crippen molar-refractivity contribution in [3.05, 3.63) is 95.6 Å². The van der Waals surface area contributed by atoms with E-state index in [1.807, 2.05) is 67.6 Å². The minimum Gasteiger partial charge on any atom is -0.487 e. The lowest BCUT2D eigenvalue weighted by Crippen LogP contribution is -2.50. The van der Waals surface area contributed by atoms with Gasteiger partial charge in [0.1, 0.15) is 16.7 Å². The quantitative estimate of drug-likeness (QED) is 0.454. The molecule has 1 aliphatic rings. The molecule has 1 amide bonds. The molecule has 0 bridgehead atoms. The normalized spacial score (nSPS) is 20.1. The lowest BCUT2D eigenvalue weighted by atomic mass is 10.0. The van der Waals surface area contributed by atoms with Crippen LogP contribution in [0.5, 0.6) is 5.75 Å². The second-order valence-electron chi connectivity index (χ2n) is 9.74. The number of rotatable bonds is 7. The molecule has 0 aromatic heterocycles. The van der Waals surface area contributed by atoms with Gasteiger partial charge in [0.05, 0.1) is 13.2 Å². The highest BCUT2D eigenvalue weighted by Gasteiger charge is 2.38. The molecular formula is C30H34N2O5S. The average Bonchev–Trinajstić information content (AvgIpc) is 2.93. The highest BCUT2D eigenvalue weighted by molar-refractivity contribution is 7.89. The number of likely N-dealkylation sites (N-methyl/N-ethyl adjacent to an activating group) is 1. The molecule has 0 saturated heterocycles. The van der Waals surface area contributed by atoms with Crippen LogP contribution < -0.4 is 4.74 Å². The third-order valence-corrected chi connectivity index (χ3v) is 8.80. The summed E-state index contributed by atoms with van der Waals surface area (Å²) in [5.41, 5.74) is 2.37. The van der Waals surface area contributed by atoms with Crippen LogP contribution in [0.25, 0.3) is 12.2 Å². The third kappa shape index (κ3) is 6.15. The Bertz CT molecular complexity index is 1380. The van der Waals surface area contributed by atoms with Gasteiger partial charge in [-0.15, -0.1) is 0 Å². The van der Waals surface area contributed by atoms with E-state index in [0.29, 0.717) is 5.56 Å². The van der Waals surface area contributed by atoms with Crippen LogP contribution in [0.4, 0.5) is 0 Å². The lowest BCUT2D eigenvalue weighted by Gasteiger charge is -2.37. The van der Waals surface area contributed by atoms with Crippen molar-refractivity contribution < 1.29 is 23.1 Å². The van der Waals surface area contributed by atoms with E-state index in [1.54, 1.807) is 49.2 Å². The van der Waals surface area contributed by atoms with E-state index >= 15 is 0 Å². The van der Waals surface area contributed by atoms with E-state index in [9.17, 15) is 18.3 Å². The average molecular weight is 535 g/mol. The second-order valence-corrected chi connectivity index (χ2v) is 11.6. The maximum absolute atomic E-state index is 13.7. The van der Waals surface area contributed by atoms with Gasteiger partial charge in [0.15, 0.2) is 0 Å². The van der Waals surface area contributed by atoms with Crippen LogP contribution in [-0.2, 0) is 10.0 Å². The highest BCUT2D eigenvalue weighted by Crippen LogP contribution is 2.34. The number of carbonyl (C=O) groups is 1. The van der Waals surface area contributed by atoms with Crippen molar-refractivity contribution in [2.24, 2.45) is 5.92 Å². The van der Waals surface area contributed by atoms with Crippen LogP contribution in [0.1, 0.15) is 35.3 Å². The maximum atomic E-state index is 13.7. The maximum Gasteiger partial charge on any atom is 0.253 e. The molecule has 4 rings (SSSR count). The number of sulfonamides is 1. The van der Waals surface area contributed by atoms with Gasteiger partial charge in [0.2, 0.25) is 10.0 Å². The van der Waals surface area contributed by atoms with Gasteiger partial charge in [-0.05, 0) is 42.3 Å². The number of carbonyl (C=O) groups excluding carboxylic acids is 1. The first-order valence-corrected chi connectivity index (χ1v) is 14.1. The summed E-state index contributed by atoms with van der Waals surface area (Å²) in [7, 11) is -2.22. The van der Waals surface area contributed by atoms with Crippen LogP contribution in [0, 0.1) is 5.92 Å². The Kier molecular flexibility index (Phi) is 8.66. The number of ether oxygens (including phenoxy) is 1. The zero-order valence-electron chi connectivity index (χ0n) is 21.9. The number of benzene rings is 3. The number of amides is 1. The fourth-order valence-corrected chi connectivity index (χ4v) is 6.30. The SMILES string of the molecule is C[C@@H]1CN([C@H](C)CO)S(=O)(=O)c2ccc(/C=C/c3ccccc3)cc2O[C@H]1CN(C)C(=O)c1ccccc1. The van der Waals surface area contributed by atoms with Crippen molar-refractivity contribution in [1.29, 1.82) is 0 Å². The first-order valence-electron chi connectivity index (χ1n) is 12.7. The molecule has 7 nitrogen and oxygen atoms in total. The molecule has 1 heterocycles. The molecule has 200 valence electrons. The second kappa shape index (κ2) is 11.9. The van der Waals surface area contributed by atoms with Crippen LogP contribution in [0.2, 0.25) is 0 Å². The molecule has 3 aromatic carbocycles. The minimum atomic E-state index is -3.94. The standard InChI is InChI=1S/C30H34N2O5S/c1-22-19-32(23(2)21-33)38(35,36)29-17-16-25(15-14-24-10-6-4-7-11-24)18-27(29)37-28(22)20-31(3)30(34)26-12-8-5-9-13-26/h4-18,22-23,28,33H,19-21H2,1-3H3/b15-14+/t22-,23-,28+/m1/s1. The molecule has 1 aliphatic heterocycles. The topological polar surface area (TPSA) is 87.2 Å². The Morgan fingerprint density at radius 1 is 1.05 bits per heavy atom. The predicted octanol–water partition coefficient (Wildman–Crippen LogP) is 4.40. The summed E-state index contributed by atoms with van der Waals surface area (Å²) in [6.07, 6.45) is 3.37. The molecule has 3 atom stereocenters. The van der Waals surface area contributed by atoms with Crippen molar-refractivity contribution in [3.63, 3.8) is 0 Å². The fraction of sp³-hybridized carbons (Fsp3) is 0.300. The first-order chi connectivity index (χ1) is 18.2. The van der Waals surface area contributed by atoms with Crippen LogP contribution in [0.15, 0.2) is 83.8 Å². The first kappa shape index (κ1) is 27.6. The van der Waals surface area contributed by atoms with Gasteiger partial charge >= 0.3 is 0 Å². The smallest absolute Gasteiger partial charge is 0.253 e. The van der Waals surface area contributed by atoms with Gasteiger partial charge in [-0.3, -0.25) is 4.79 Å². The molecule has 3 aromatic rings. The van der Waals surface area contributed by atoms with E-state index in [2.05, 4.69) is 0 Å². The number of hydrogen-bond acceptors (Lipinski definition) is 5. The van der Waals surface area contributed by atoms with E-state index in [0.717, 1.165) is 11.1 Å². The number of aliphatic hydroxyl groups excluding tert-OH is 1. The summed E-state index contributed by atoms with van der Waals surface area (Å²) >= 11 is 0. The molecule has 0 saturated carbocycles. The summed E-state index contributed by atoms with van der Waals surface area (Å²) in [6.45, 7) is 3.69. The Balaban J connectivity index is 1.70. The van der Waals surface area contributed by atoms with Gasteiger partial charge in [-0.1, -0.05) is 73.7 Å². The molecular weight excluding hydrogens is 500 g/mol. The summed E-state index contributed by atoms with van der Waals surface area (Å²) < 4.78 is 35.1. The van der Waals surface area contributed by atoms with Gasteiger partial charge in [-0.2, -0.15) is 4.31 Å². The summed E-state index contributed by atoms with van der Waals surface area (Å²) in [5, 5.41) is 9.85. The molecule has 0 aliphatic carbocycles. The Morgan fingerprint density at radius 3 is 2.34 bits per heavy atom. The highest BCUT2D eigenvalue weighted by atomic mass is 32.2. The van der Waals surface area contributed by atoms with Gasteiger partial charge < -0.3 is 14.7 Å². The van der Waals surface area contributed by atoms with Crippen LogP contribution in [0.3, 0.4) is 0 Å². The van der Waals surface area contributed by atoms with E-state index in [4.69, 9.17) is 4.74 Å². The fourth-order valence-electron chi connectivity index (χ4n) is 4.47. The predicted molar refractivity (Wildman–Crippen MR) is 149 cm³/mol. The van der Waals surface area contributed by atoms with Gasteiger partial charge in [0, 0.05) is 31.1 Å². The largest absolute Gasteiger partial charge is 0.487 e. The molecule has 38 heavy (non-hydrogen) atoms. The van der Waals surface area contributed by atoms with Crippen LogP contribution >= 0.6 is 0 Å². The number of aliphatic hydroxyl groups is 1. The lowest BCUT2D eigenvalue weighted by molar-refractivity contribution is 0.0563. The van der Waals surface area contributed by atoms with Crippen LogP contribution in [-0.4, -0.2) is 67.5 Å². The summed E-state index contributed by atoms with van der Waals surface area (Å²) in [6, 6.07) is 23.2. The monoisotopic (exact) mass is 534 g/mol. The summed E-state index contributed by atoms with van der Waals surface area (Å²) in [5.74, 6) is -0.176. The Hall–Kier alpha value is -3.46. The van der Waals surface area contributed by atoms with Gasteiger partial charge in [-0.25, -0.2) is 8.42 Å². The Labute approximate surface area is 225 Å². The zero-order chi connectivity index (χ0) is 27.3. The van der Waals surface area contributed by atoms with E-state index < -0.39 is 22.2 Å². The van der Waals surface area contributed by atoms with Crippen molar-refractivity contribution >= 4 is 28.1 Å². The third-order valence-electron chi connectivity index (χ3n) is 6.78. The van der Waals surface area contributed by atoms with Crippen molar-refractivity contribution in [3.8, 4) is 5.75 Å². The molecule has 8 heteroatoms. The number of fused-ring (bicyclic) bond motifs is 1. The van der Waals surface area contributed by atoms with Crippen molar-refractivity contribution in [2.75, 3.05) is 26.7 Å². The van der Waals surface area contributed by atoms with E-state index in [-0.39, 0.29) is 42.2 Å². The molecule has 0 unspecified atom stereocenters. The molecule has 0 radical (unpaired) electrons. The number of nitrogens with zero attached hydrogens (tertiary/aromatic N) is 2. The molecule has 0 spiro atoms. The zero-order valence-corrected chi connectivity index (χ0v) is 22.7. The van der Waals surface area contributed by atoms with Crippen molar-refractivity contribution in [2.45, 2.75) is 30.9 Å². The minimum absolute atomic E-state index is 0.0450. The van der Waals surface area contributed by atoms with Crippen molar-refractivity contribution in [1.82, 2.24) is 9.21 Å².